The van der Waals surface area contributed by atoms with Crippen LogP contribution >= 0.6 is 11.3 Å². The van der Waals surface area contributed by atoms with Gasteiger partial charge in [-0.05, 0) is 54.8 Å². The zero-order valence-electron chi connectivity index (χ0n) is 17.2. The van der Waals surface area contributed by atoms with Gasteiger partial charge in [-0.2, -0.15) is 9.41 Å². The highest BCUT2D eigenvalue weighted by Crippen LogP contribution is 2.28. The molecule has 31 heavy (non-hydrogen) atoms. The fourth-order valence-corrected chi connectivity index (χ4v) is 5.61. The van der Waals surface area contributed by atoms with Crippen molar-refractivity contribution in [1.82, 2.24) is 9.29 Å². The van der Waals surface area contributed by atoms with E-state index in [1.807, 2.05) is 35.7 Å². The Kier molecular flexibility index (Phi) is 6.64. The fourth-order valence-electron chi connectivity index (χ4n) is 3.38. The molecule has 0 unspecified atom stereocenters. The van der Waals surface area contributed by atoms with Crippen molar-refractivity contribution in [3.8, 4) is 17.0 Å². The molecule has 0 amide bonds. The molecule has 0 saturated carbocycles. The number of benzene rings is 2. The molecule has 1 aliphatic heterocycles. The zero-order chi connectivity index (χ0) is 21.7. The summed E-state index contributed by atoms with van der Waals surface area (Å²) < 4.78 is 32.6. The van der Waals surface area contributed by atoms with E-state index >= 15 is 0 Å². The number of hydrogen-bond donors (Lipinski definition) is 1. The Morgan fingerprint density at radius 3 is 2.65 bits per heavy atom. The molecule has 0 aliphatic carbocycles. The first-order chi connectivity index (χ1) is 15.1. The second kappa shape index (κ2) is 9.59. The molecule has 3 aromatic rings. The standard InChI is InChI=1S/C22H24N4O3S2/c1-29-19-10-8-17(9-11-19)15-23-25-22-24-21(16-30-22)18-6-5-7-20(14-18)31(27,28)26-12-3-2-4-13-26/h5-11,14-16H,2-4,12-13H2,1H3,(H,24,25)/b23-15+. The molecule has 1 fully saturated rings. The maximum atomic E-state index is 13.0. The van der Waals surface area contributed by atoms with Crippen LogP contribution in [-0.2, 0) is 10.0 Å². The zero-order valence-corrected chi connectivity index (χ0v) is 18.8. The summed E-state index contributed by atoms with van der Waals surface area (Å²) in [5.74, 6) is 0.791. The Balaban J connectivity index is 1.46. The summed E-state index contributed by atoms with van der Waals surface area (Å²) in [5, 5.41) is 6.74. The van der Waals surface area contributed by atoms with Crippen LogP contribution in [0.3, 0.4) is 0 Å². The van der Waals surface area contributed by atoms with Crippen LogP contribution in [-0.4, -0.2) is 44.1 Å². The van der Waals surface area contributed by atoms with Gasteiger partial charge in [0.15, 0.2) is 0 Å². The van der Waals surface area contributed by atoms with Gasteiger partial charge in [0, 0.05) is 24.0 Å². The van der Waals surface area contributed by atoms with Crippen LogP contribution in [0.4, 0.5) is 5.13 Å². The molecule has 2 heterocycles. The van der Waals surface area contributed by atoms with Gasteiger partial charge in [0.2, 0.25) is 15.2 Å². The summed E-state index contributed by atoms with van der Waals surface area (Å²) >= 11 is 1.41. The third kappa shape index (κ3) is 5.12. The maximum Gasteiger partial charge on any atom is 0.243 e. The number of ether oxygens (including phenoxy) is 1. The number of sulfonamides is 1. The molecule has 0 bridgehead atoms. The second-order valence-corrected chi connectivity index (χ2v) is 9.97. The predicted octanol–water partition coefficient (Wildman–Crippen LogP) is 4.44. The number of nitrogens with one attached hydrogen (secondary N) is 1. The van der Waals surface area contributed by atoms with Crippen molar-refractivity contribution in [3.05, 3.63) is 59.5 Å². The molecule has 0 radical (unpaired) electrons. The quantitative estimate of drug-likeness (QED) is 0.420. The third-order valence-electron chi connectivity index (χ3n) is 5.08. The van der Waals surface area contributed by atoms with Gasteiger partial charge in [0.1, 0.15) is 5.75 Å². The van der Waals surface area contributed by atoms with Crippen molar-refractivity contribution in [2.75, 3.05) is 25.6 Å². The summed E-state index contributed by atoms with van der Waals surface area (Å²) in [7, 11) is -1.85. The highest BCUT2D eigenvalue weighted by molar-refractivity contribution is 7.89. The molecule has 1 saturated heterocycles. The van der Waals surface area contributed by atoms with E-state index in [1.54, 1.807) is 35.8 Å². The number of rotatable bonds is 7. The lowest BCUT2D eigenvalue weighted by Gasteiger charge is -2.26. The first-order valence-corrected chi connectivity index (χ1v) is 12.4. The summed E-state index contributed by atoms with van der Waals surface area (Å²) in [5.41, 5.74) is 5.34. The monoisotopic (exact) mass is 456 g/mol. The summed E-state index contributed by atoms with van der Waals surface area (Å²) in [6.07, 6.45) is 4.61. The Labute approximate surface area is 186 Å². The Morgan fingerprint density at radius 2 is 1.90 bits per heavy atom. The molecule has 1 aromatic heterocycles. The van der Waals surface area contributed by atoms with Gasteiger partial charge in [0.05, 0.1) is 23.9 Å². The molecule has 7 nitrogen and oxygen atoms in total. The summed E-state index contributed by atoms with van der Waals surface area (Å²) in [4.78, 5) is 4.85. The minimum Gasteiger partial charge on any atom is -0.497 e. The van der Waals surface area contributed by atoms with Gasteiger partial charge in [0.25, 0.3) is 0 Å². The van der Waals surface area contributed by atoms with Crippen molar-refractivity contribution in [2.24, 2.45) is 5.10 Å². The predicted molar refractivity (Wildman–Crippen MR) is 124 cm³/mol. The molecule has 9 heteroatoms. The molecular weight excluding hydrogens is 432 g/mol. The molecule has 162 valence electrons. The lowest BCUT2D eigenvalue weighted by molar-refractivity contribution is 0.346. The van der Waals surface area contributed by atoms with Crippen molar-refractivity contribution in [1.29, 1.82) is 0 Å². The number of aromatic nitrogens is 1. The van der Waals surface area contributed by atoms with E-state index in [-0.39, 0.29) is 0 Å². The van der Waals surface area contributed by atoms with E-state index < -0.39 is 10.0 Å². The minimum atomic E-state index is -3.47. The SMILES string of the molecule is COc1ccc(/C=N/Nc2nc(-c3cccc(S(=O)(=O)N4CCCCC4)c3)cs2)cc1. The number of anilines is 1. The number of hydrazone groups is 1. The van der Waals surface area contributed by atoms with Gasteiger partial charge in [-0.25, -0.2) is 13.4 Å². The van der Waals surface area contributed by atoms with Gasteiger partial charge in [-0.3, -0.25) is 5.43 Å². The molecule has 2 aromatic carbocycles. The van der Waals surface area contributed by atoms with Crippen molar-refractivity contribution < 1.29 is 13.2 Å². The molecule has 1 aliphatic rings. The highest BCUT2D eigenvalue weighted by atomic mass is 32.2. The van der Waals surface area contributed by atoms with Crippen LogP contribution in [0.2, 0.25) is 0 Å². The Morgan fingerprint density at radius 1 is 1.13 bits per heavy atom. The number of thiazole rings is 1. The lowest BCUT2D eigenvalue weighted by Crippen LogP contribution is -2.35. The minimum absolute atomic E-state index is 0.312. The second-order valence-electron chi connectivity index (χ2n) is 7.17. The molecule has 1 N–H and O–H groups in total. The molecule has 4 rings (SSSR count). The van der Waals surface area contributed by atoms with E-state index in [4.69, 9.17) is 4.74 Å². The van der Waals surface area contributed by atoms with E-state index in [0.29, 0.717) is 28.8 Å². The van der Waals surface area contributed by atoms with E-state index in [2.05, 4.69) is 15.5 Å². The van der Waals surface area contributed by atoms with Crippen LogP contribution in [0.25, 0.3) is 11.3 Å². The Hall–Kier alpha value is -2.75. The Bertz CT molecular complexity index is 1150. The van der Waals surface area contributed by atoms with Crippen molar-refractivity contribution in [3.63, 3.8) is 0 Å². The van der Waals surface area contributed by atoms with Crippen LogP contribution < -0.4 is 10.2 Å². The smallest absolute Gasteiger partial charge is 0.243 e. The normalized spacial score (nSPS) is 15.3. The largest absolute Gasteiger partial charge is 0.497 e. The van der Waals surface area contributed by atoms with Gasteiger partial charge in [-0.1, -0.05) is 18.6 Å². The third-order valence-corrected chi connectivity index (χ3v) is 7.72. The van der Waals surface area contributed by atoms with Crippen molar-refractivity contribution >= 4 is 32.7 Å². The van der Waals surface area contributed by atoms with Crippen LogP contribution in [0.1, 0.15) is 24.8 Å². The highest BCUT2D eigenvalue weighted by Gasteiger charge is 2.26. The lowest BCUT2D eigenvalue weighted by atomic mass is 10.2. The van der Waals surface area contributed by atoms with E-state index in [0.717, 1.165) is 36.1 Å². The van der Waals surface area contributed by atoms with Gasteiger partial charge in [-0.15, -0.1) is 11.3 Å². The van der Waals surface area contributed by atoms with Crippen LogP contribution in [0, 0.1) is 0 Å². The van der Waals surface area contributed by atoms with E-state index in [1.165, 1.54) is 11.3 Å². The number of piperidine rings is 1. The number of methoxy groups -OCH3 is 1. The molecule has 0 atom stereocenters. The average Bonchev–Trinajstić information content (AvgIpc) is 3.29. The van der Waals surface area contributed by atoms with Gasteiger partial charge >= 0.3 is 0 Å². The van der Waals surface area contributed by atoms with E-state index in [9.17, 15) is 8.42 Å². The van der Waals surface area contributed by atoms with Crippen LogP contribution in [0.5, 0.6) is 5.75 Å². The first kappa shape index (κ1) is 21.5. The van der Waals surface area contributed by atoms with Crippen molar-refractivity contribution in [2.45, 2.75) is 24.2 Å². The topological polar surface area (TPSA) is 83.9 Å². The first-order valence-electron chi connectivity index (χ1n) is 10.1. The fraction of sp³-hybridized carbons (Fsp3) is 0.273. The maximum absolute atomic E-state index is 13.0. The summed E-state index contributed by atoms with van der Waals surface area (Å²) in [6, 6.07) is 14.5. The molecule has 0 spiro atoms. The number of hydrogen-bond acceptors (Lipinski definition) is 7. The average molecular weight is 457 g/mol. The summed E-state index contributed by atoms with van der Waals surface area (Å²) in [6.45, 7) is 1.17. The molecular formula is C22H24N4O3S2. The van der Waals surface area contributed by atoms with Crippen LogP contribution in [0.15, 0.2) is 63.9 Å². The number of nitrogens with zero attached hydrogens (tertiary/aromatic N) is 3. The van der Waals surface area contributed by atoms with Gasteiger partial charge < -0.3 is 4.74 Å².